The van der Waals surface area contributed by atoms with Crippen LogP contribution in [-0.4, -0.2) is 25.8 Å². The summed E-state index contributed by atoms with van der Waals surface area (Å²) < 4.78 is 26.8. The number of anilines is 1. The Morgan fingerprint density at radius 2 is 2.05 bits per heavy atom. The maximum absolute atomic E-state index is 12.6. The van der Waals surface area contributed by atoms with Crippen LogP contribution in [0.2, 0.25) is 0 Å². The highest BCUT2D eigenvalue weighted by Gasteiger charge is 2.29. The van der Waals surface area contributed by atoms with Gasteiger partial charge in [0.1, 0.15) is 4.90 Å². The molecule has 1 fully saturated rings. The molecule has 0 bridgehead atoms. The molecule has 2 N–H and O–H groups in total. The van der Waals surface area contributed by atoms with Crippen molar-refractivity contribution in [3.8, 4) is 0 Å². The highest BCUT2D eigenvalue weighted by Crippen LogP contribution is 2.30. The molecule has 0 amide bonds. The molecule has 2 rings (SSSR count). The van der Waals surface area contributed by atoms with E-state index in [1.165, 1.54) is 6.42 Å². The van der Waals surface area contributed by atoms with Crippen LogP contribution in [0.4, 0.5) is 5.69 Å². The standard InChI is InChI=1S/C14H22N2O2S/c1-3-16(10-12-5-4-6-12)19(17,18)14-8-7-11(2)9-13(14)15/h7-9,12H,3-6,10,15H2,1-2H3. The average Bonchev–Trinajstić information content (AvgIpc) is 2.26. The Hall–Kier alpha value is -1.07. The van der Waals surface area contributed by atoms with E-state index < -0.39 is 10.0 Å². The Kier molecular flexibility index (Phi) is 4.16. The van der Waals surface area contributed by atoms with Crippen LogP contribution in [0.15, 0.2) is 23.1 Å². The molecule has 5 heteroatoms. The second-order valence-corrected chi connectivity index (χ2v) is 7.20. The quantitative estimate of drug-likeness (QED) is 0.843. The third-order valence-corrected chi connectivity index (χ3v) is 5.84. The normalized spacial score (nSPS) is 16.6. The minimum absolute atomic E-state index is 0.235. The van der Waals surface area contributed by atoms with Gasteiger partial charge in [0.15, 0.2) is 0 Å². The Morgan fingerprint density at radius 3 is 2.53 bits per heavy atom. The highest BCUT2D eigenvalue weighted by atomic mass is 32.2. The molecule has 4 nitrogen and oxygen atoms in total. The second-order valence-electron chi connectivity index (χ2n) is 5.29. The predicted molar refractivity (Wildman–Crippen MR) is 77.4 cm³/mol. The first-order valence-electron chi connectivity index (χ1n) is 6.81. The third kappa shape index (κ3) is 2.92. The highest BCUT2D eigenvalue weighted by molar-refractivity contribution is 7.89. The van der Waals surface area contributed by atoms with Crippen LogP contribution < -0.4 is 5.73 Å². The number of nitrogens with two attached hydrogens (primary N) is 1. The van der Waals surface area contributed by atoms with Crippen LogP contribution in [0.1, 0.15) is 31.7 Å². The molecule has 0 saturated heterocycles. The van der Waals surface area contributed by atoms with Crippen molar-refractivity contribution >= 4 is 15.7 Å². The van der Waals surface area contributed by atoms with Gasteiger partial charge in [-0.1, -0.05) is 19.4 Å². The van der Waals surface area contributed by atoms with Gasteiger partial charge in [0.05, 0.1) is 5.69 Å². The zero-order valence-electron chi connectivity index (χ0n) is 11.6. The van der Waals surface area contributed by atoms with Gasteiger partial charge < -0.3 is 5.73 Å². The number of sulfonamides is 1. The third-order valence-electron chi connectivity index (χ3n) is 3.82. The van der Waals surface area contributed by atoms with E-state index in [2.05, 4.69) is 0 Å². The largest absolute Gasteiger partial charge is 0.398 e. The minimum Gasteiger partial charge on any atom is -0.398 e. The molecule has 0 radical (unpaired) electrons. The van der Waals surface area contributed by atoms with Gasteiger partial charge in [-0.15, -0.1) is 0 Å². The molecular weight excluding hydrogens is 260 g/mol. The van der Waals surface area contributed by atoms with Gasteiger partial charge in [-0.25, -0.2) is 8.42 Å². The number of hydrogen-bond donors (Lipinski definition) is 1. The first-order valence-corrected chi connectivity index (χ1v) is 8.25. The van der Waals surface area contributed by atoms with E-state index in [0.717, 1.165) is 18.4 Å². The summed E-state index contributed by atoms with van der Waals surface area (Å²) in [6.45, 7) is 4.89. The summed E-state index contributed by atoms with van der Waals surface area (Å²) >= 11 is 0. The van der Waals surface area contributed by atoms with Crippen molar-refractivity contribution in [1.82, 2.24) is 4.31 Å². The van der Waals surface area contributed by atoms with Gasteiger partial charge in [0.2, 0.25) is 10.0 Å². The molecule has 1 aliphatic carbocycles. The molecule has 0 heterocycles. The monoisotopic (exact) mass is 282 g/mol. The number of benzene rings is 1. The van der Waals surface area contributed by atoms with E-state index in [-0.39, 0.29) is 4.90 Å². The molecular formula is C14H22N2O2S. The molecule has 0 aliphatic heterocycles. The molecule has 0 aromatic heterocycles. The fourth-order valence-electron chi connectivity index (χ4n) is 2.40. The van der Waals surface area contributed by atoms with Crippen LogP contribution in [0, 0.1) is 12.8 Å². The number of nitrogen functional groups attached to an aromatic ring is 1. The van der Waals surface area contributed by atoms with Crippen LogP contribution in [0.25, 0.3) is 0 Å². The Bertz CT molecular complexity index is 551. The van der Waals surface area contributed by atoms with Crippen LogP contribution in [0.5, 0.6) is 0 Å². The lowest BCUT2D eigenvalue weighted by molar-refractivity contribution is 0.250. The van der Waals surface area contributed by atoms with Crippen molar-refractivity contribution in [2.75, 3.05) is 18.8 Å². The molecule has 0 atom stereocenters. The van der Waals surface area contributed by atoms with Crippen molar-refractivity contribution in [2.24, 2.45) is 5.92 Å². The predicted octanol–water partition coefficient (Wildman–Crippen LogP) is 2.39. The van der Waals surface area contributed by atoms with Gasteiger partial charge in [-0.3, -0.25) is 0 Å². The van der Waals surface area contributed by atoms with Crippen molar-refractivity contribution < 1.29 is 8.42 Å². The zero-order valence-corrected chi connectivity index (χ0v) is 12.4. The summed E-state index contributed by atoms with van der Waals surface area (Å²) in [7, 11) is -3.46. The lowest BCUT2D eigenvalue weighted by Crippen LogP contribution is -2.37. The van der Waals surface area contributed by atoms with E-state index >= 15 is 0 Å². The smallest absolute Gasteiger partial charge is 0.245 e. The average molecular weight is 282 g/mol. The van der Waals surface area contributed by atoms with Crippen molar-refractivity contribution in [2.45, 2.75) is 38.0 Å². The van der Waals surface area contributed by atoms with Crippen LogP contribution in [0.3, 0.4) is 0 Å². The summed E-state index contributed by atoms with van der Waals surface area (Å²) in [5.41, 5.74) is 7.18. The Morgan fingerprint density at radius 1 is 1.37 bits per heavy atom. The number of aryl methyl sites for hydroxylation is 1. The first-order chi connectivity index (χ1) is 8.95. The topological polar surface area (TPSA) is 63.4 Å². The maximum atomic E-state index is 12.6. The molecule has 1 saturated carbocycles. The summed E-state index contributed by atoms with van der Waals surface area (Å²) in [6, 6.07) is 5.12. The summed E-state index contributed by atoms with van der Waals surface area (Å²) in [6.07, 6.45) is 3.49. The number of nitrogens with zero attached hydrogens (tertiary/aromatic N) is 1. The summed E-state index contributed by atoms with van der Waals surface area (Å²) in [4.78, 5) is 0.235. The van der Waals surface area contributed by atoms with Gasteiger partial charge in [0.25, 0.3) is 0 Å². The van der Waals surface area contributed by atoms with Gasteiger partial charge in [-0.2, -0.15) is 4.31 Å². The summed E-state index contributed by atoms with van der Waals surface area (Å²) in [5, 5.41) is 0. The van der Waals surface area contributed by atoms with E-state index in [1.54, 1.807) is 22.5 Å². The van der Waals surface area contributed by atoms with Crippen LogP contribution >= 0.6 is 0 Å². The van der Waals surface area contributed by atoms with E-state index in [1.807, 2.05) is 13.8 Å². The van der Waals surface area contributed by atoms with E-state index in [0.29, 0.717) is 24.7 Å². The maximum Gasteiger partial charge on any atom is 0.245 e. The molecule has 0 unspecified atom stereocenters. The molecule has 19 heavy (non-hydrogen) atoms. The van der Waals surface area contributed by atoms with E-state index in [4.69, 9.17) is 5.73 Å². The molecule has 0 spiro atoms. The van der Waals surface area contributed by atoms with Gasteiger partial charge in [0, 0.05) is 13.1 Å². The summed E-state index contributed by atoms with van der Waals surface area (Å²) in [5.74, 6) is 0.515. The van der Waals surface area contributed by atoms with Gasteiger partial charge in [-0.05, 0) is 43.4 Å². The van der Waals surface area contributed by atoms with Gasteiger partial charge >= 0.3 is 0 Å². The fourth-order valence-corrected chi connectivity index (χ4v) is 4.02. The van der Waals surface area contributed by atoms with Crippen molar-refractivity contribution in [3.05, 3.63) is 23.8 Å². The second kappa shape index (κ2) is 5.51. The first kappa shape index (κ1) is 14.3. The minimum atomic E-state index is -3.46. The lowest BCUT2D eigenvalue weighted by atomic mass is 9.85. The van der Waals surface area contributed by atoms with Crippen molar-refractivity contribution in [1.29, 1.82) is 0 Å². The Labute approximate surface area is 115 Å². The van der Waals surface area contributed by atoms with E-state index in [9.17, 15) is 8.42 Å². The van der Waals surface area contributed by atoms with Crippen LogP contribution in [-0.2, 0) is 10.0 Å². The SMILES string of the molecule is CCN(CC1CCC1)S(=O)(=O)c1ccc(C)cc1N. The molecule has 1 aliphatic rings. The zero-order chi connectivity index (χ0) is 14.0. The molecule has 1 aromatic carbocycles. The molecule has 1 aromatic rings. The number of hydrogen-bond acceptors (Lipinski definition) is 3. The Balaban J connectivity index is 2.27. The lowest BCUT2D eigenvalue weighted by Gasteiger charge is -2.31. The fraction of sp³-hybridized carbons (Fsp3) is 0.571. The van der Waals surface area contributed by atoms with Crippen molar-refractivity contribution in [3.63, 3.8) is 0 Å². The molecule has 106 valence electrons. The number of rotatable bonds is 5.